The molecule has 3 rings (SSSR count). The zero-order valence-electron chi connectivity index (χ0n) is 13.6. The number of benzene rings is 1. The molecular formula is C18H29N3. The first-order chi connectivity index (χ1) is 10.1. The average Bonchev–Trinajstić information content (AvgIpc) is 2.71. The van der Waals surface area contributed by atoms with Crippen molar-refractivity contribution in [2.45, 2.75) is 57.3 Å². The fourth-order valence-electron chi connectivity index (χ4n) is 4.00. The van der Waals surface area contributed by atoms with E-state index in [4.69, 9.17) is 5.73 Å². The molecule has 2 heterocycles. The van der Waals surface area contributed by atoms with E-state index in [9.17, 15) is 0 Å². The van der Waals surface area contributed by atoms with E-state index in [1.807, 2.05) is 0 Å². The average molecular weight is 287 g/mol. The van der Waals surface area contributed by atoms with Crippen LogP contribution in [-0.4, -0.2) is 48.1 Å². The predicted molar refractivity (Wildman–Crippen MR) is 88.3 cm³/mol. The fourth-order valence-corrected chi connectivity index (χ4v) is 4.00. The van der Waals surface area contributed by atoms with Crippen LogP contribution in [0.5, 0.6) is 0 Å². The van der Waals surface area contributed by atoms with Gasteiger partial charge in [-0.25, -0.2) is 0 Å². The van der Waals surface area contributed by atoms with Crippen LogP contribution < -0.4 is 5.73 Å². The van der Waals surface area contributed by atoms with E-state index in [-0.39, 0.29) is 6.04 Å². The molecule has 2 fully saturated rings. The van der Waals surface area contributed by atoms with Crippen molar-refractivity contribution in [3.63, 3.8) is 0 Å². The molecule has 0 radical (unpaired) electrons. The minimum atomic E-state index is 0.104. The molecule has 0 spiro atoms. The lowest BCUT2D eigenvalue weighted by molar-refractivity contribution is 0.162. The van der Waals surface area contributed by atoms with Crippen LogP contribution in [0.1, 0.15) is 43.4 Å². The van der Waals surface area contributed by atoms with Gasteiger partial charge < -0.3 is 5.73 Å². The maximum absolute atomic E-state index is 6.55. The van der Waals surface area contributed by atoms with Crippen molar-refractivity contribution in [2.24, 2.45) is 5.73 Å². The minimum Gasteiger partial charge on any atom is -0.323 e. The van der Waals surface area contributed by atoms with E-state index in [0.717, 1.165) is 12.1 Å². The number of hydrogen-bond donors (Lipinski definition) is 1. The van der Waals surface area contributed by atoms with Gasteiger partial charge in [0.15, 0.2) is 0 Å². The van der Waals surface area contributed by atoms with Gasteiger partial charge in [-0.2, -0.15) is 0 Å². The second-order valence-electron chi connectivity index (χ2n) is 7.01. The number of nitrogens with two attached hydrogens (primary N) is 1. The first-order valence-corrected chi connectivity index (χ1v) is 8.34. The summed E-state index contributed by atoms with van der Waals surface area (Å²) in [6, 6.07) is 10.7. The largest absolute Gasteiger partial charge is 0.323 e. The third kappa shape index (κ3) is 3.01. The highest BCUT2D eigenvalue weighted by atomic mass is 15.3. The molecule has 1 aromatic rings. The van der Waals surface area contributed by atoms with Crippen molar-refractivity contribution in [1.29, 1.82) is 0 Å². The van der Waals surface area contributed by atoms with Crippen molar-refractivity contribution >= 4 is 0 Å². The van der Waals surface area contributed by atoms with E-state index < -0.39 is 0 Å². The quantitative estimate of drug-likeness (QED) is 0.927. The number of likely N-dealkylation sites (tertiary alicyclic amines) is 1. The zero-order chi connectivity index (χ0) is 15.0. The maximum Gasteiger partial charge on any atom is 0.0450 e. The van der Waals surface area contributed by atoms with Gasteiger partial charge in [0.1, 0.15) is 0 Å². The minimum absolute atomic E-state index is 0.104. The topological polar surface area (TPSA) is 32.5 Å². The van der Waals surface area contributed by atoms with Crippen LogP contribution in [-0.2, 0) is 0 Å². The van der Waals surface area contributed by atoms with Crippen LogP contribution >= 0.6 is 0 Å². The van der Waals surface area contributed by atoms with Gasteiger partial charge in [-0.1, -0.05) is 29.8 Å². The van der Waals surface area contributed by atoms with E-state index in [1.54, 1.807) is 0 Å². The first-order valence-electron chi connectivity index (χ1n) is 8.34. The molecule has 21 heavy (non-hydrogen) atoms. The Bertz CT molecular complexity index is 470. The van der Waals surface area contributed by atoms with Crippen LogP contribution in [0, 0.1) is 6.92 Å². The molecule has 0 aromatic heterocycles. The fraction of sp³-hybridized carbons (Fsp3) is 0.667. The number of rotatable bonds is 3. The van der Waals surface area contributed by atoms with E-state index >= 15 is 0 Å². The van der Waals surface area contributed by atoms with Crippen molar-refractivity contribution in [3.8, 4) is 0 Å². The summed E-state index contributed by atoms with van der Waals surface area (Å²) in [6.07, 6.45) is 4.02. The van der Waals surface area contributed by atoms with Gasteiger partial charge in [0.2, 0.25) is 0 Å². The van der Waals surface area contributed by atoms with E-state index in [2.05, 4.69) is 55.0 Å². The Balaban J connectivity index is 1.69. The monoisotopic (exact) mass is 287 g/mol. The Hall–Kier alpha value is -0.900. The molecule has 4 unspecified atom stereocenters. The normalized spacial score (nSPS) is 30.1. The van der Waals surface area contributed by atoms with E-state index in [1.165, 1.54) is 43.5 Å². The molecule has 2 bridgehead atoms. The molecule has 2 N–H and O–H groups in total. The van der Waals surface area contributed by atoms with Crippen molar-refractivity contribution in [3.05, 3.63) is 35.4 Å². The molecule has 2 aliphatic heterocycles. The number of nitrogens with zero attached hydrogens (tertiary/aromatic N) is 2. The van der Waals surface area contributed by atoms with Gasteiger partial charge in [0, 0.05) is 37.3 Å². The smallest absolute Gasteiger partial charge is 0.0450 e. The Morgan fingerprint density at radius 1 is 1.10 bits per heavy atom. The van der Waals surface area contributed by atoms with Crippen LogP contribution in [0.3, 0.4) is 0 Å². The second kappa shape index (κ2) is 6.07. The van der Waals surface area contributed by atoms with Gasteiger partial charge >= 0.3 is 0 Å². The molecule has 0 saturated carbocycles. The summed E-state index contributed by atoms with van der Waals surface area (Å²) in [7, 11) is 2.30. The molecule has 4 atom stereocenters. The van der Waals surface area contributed by atoms with E-state index in [0.29, 0.717) is 6.04 Å². The highest BCUT2D eigenvalue weighted by molar-refractivity contribution is 5.25. The number of likely N-dealkylation sites (N-methyl/N-ethyl adjacent to an activating group) is 1. The van der Waals surface area contributed by atoms with Crippen molar-refractivity contribution in [1.82, 2.24) is 9.80 Å². The van der Waals surface area contributed by atoms with Gasteiger partial charge in [-0.3, -0.25) is 9.80 Å². The molecule has 3 nitrogen and oxygen atoms in total. The summed E-state index contributed by atoms with van der Waals surface area (Å²) in [5.41, 5.74) is 9.11. The van der Waals surface area contributed by atoms with Gasteiger partial charge in [0.05, 0.1) is 0 Å². The third-order valence-corrected chi connectivity index (χ3v) is 5.74. The Labute approximate surface area is 129 Å². The Morgan fingerprint density at radius 2 is 1.76 bits per heavy atom. The number of hydrogen-bond acceptors (Lipinski definition) is 3. The summed E-state index contributed by atoms with van der Waals surface area (Å²) in [5, 5.41) is 0. The third-order valence-electron chi connectivity index (χ3n) is 5.74. The van der Waals surface area contributed by atoms with Crippen LogP contribution in [0.2, 0.25) is 0 Å². The summed E-state index contributed by atoms with van der Waals surface area (Å²) < 4.78 is 0. The summed E-state index contributed by atoms with van der Waals surface area (Å²) in [5.74, 6) is 0. The molecule has 0 aliphatic carbocycles. The zero-order valence-corrected chi connectivity index (χ0v) is 13.6. The highest BCUT2D eigenvalue weighted by Gasteiger charge is 2.36. The lowest BCUT2D eigenvalue weighted by atomic mass is 9.97. The number of aryl methyl sites for hydroxylation is 1. The molecule has 3 heteroatoms. The van der Waals surface area contributed by atoms with Gasteiger partial charge in [-0.05, 0) is 45.7 Å². The molecule has 116 valence electrons. The molecule has 2 saturated heterocycles. The second-order valence-corrected chi connectivity index (χ2v) is 7.01. The van der Waals surface area contributed by atoms with Crippen molar-refractivity contribution < 1.29 is 0 Å². The van der Waals surface area contributed by atoms with Gasteiger partial charge in [0.25, 0.3) is 0 Å². The lowest BCUT2D eigenvalue weighted by Gasteiger charge is -2.34. The first kappa shape index (κ1) is 15.0. The standard InChI is InChI=1S/C18H29N3/c1-13-4-6-15(7-5-13)18(19)14(2)21-11-10-16-8-9-17(12-21)20(16)3/h4-7,14,16-18H,8-12,19H2,1-3H3. The molecule has 2 aliphatic rings. The SMILES string of the molecule is Cc1ccc(C(N)C(C)N2CCC3CCC(C2)N3C)cc1. The molecule has 0 amide bonds. The molecule has 1 aromatic carbocycles. The van der Waals surface area contributed by atoms with Crippen molar-refractivity contribution in [2.75, 3.05) is 20.1 Å². The Morgan fingerprint density at radius 3 is 2.48 bits per heavy atom. The summed E-state index contributed by atoms with van der Waals surface area (Å²) in [6.45, 7) is 6.78. The van der Waals surface area contributed by atoms with Crippen LogP contribution in [0.15, 0.2) is 24.3 Å². The molecular weight excluding hydrogens is 258 g/mol. The highest BCUT2D eigenvalue weighted by Crippen LogP contribution is 2.30. The summed E-state index contributed by atoms with van der Waals surface area (Å²) in [4.78, 5) is 5.22. The summed E-state index contributed by atoms with van der Waals surface area (Å²) >= 11 is 0. The number of fused-ring (bicyclic) bond motifs is 2. The van der Waals surface area contributed by atoms with Crippen LogP contribution in [0.4, 0.5) is 0 Å². The lowest BCUT2D eigenvalue weighted by Crippen LogP contribution is -2.45. The predicted octanol–water partition coefficient (Wildman–Crippen LogP) is 2.55. The maximum atomic E-state index is 6.55. The van der Waals surface area contributed by atoms with Gasteiger partial charge in [-0.15, -0.1) is 0 Å². The Kier molecular flexibility index (Phi) is 4.34. The van der Waals surface area contributed by atoms with Crippen LogP contribution in [0.25, 0.3) is 0 Å².